The highest BCUT2D eigenvalue weighted by atomic mass is 16.5. The molecule has 2 aromatic heterocycles. The number of ether oxygens (including phenoxy) is 1. The number of hydrogen-bond acceptors (Lipinski definition) is 5. The molecule has 21 heavy (non-hydrogen) atoms. The SMILES string of the molecule is CCCc1nc2ncc(C(=O)N3CCOCC3)c(C)n2n1. The van der Waals surface area contributed by atoms with Gasteiger partial charge in [-0.3, -0.25) is 4.79 Å². The number of carbonyl (C=O) groups excluding carboxylic acids is 1. The molecule has 3 rings (SSSR count). The Labute approximate surface area is 122 Å². The van der Waals surface area contributed by atoms with E-state index >= 15 is 0 Å². The second-order valence-corrected chi connectivity index (χ2v) is 5.15. The van der Waals surface area contributed by atoms with Crippen LogP contribution < -0.4 is 0 Å². The van der Waals surface area contributed by atoms with E-state index < -0.39 is 0 Å². The van der Waals surface area contributed by atoms with Gasteiger partial charge >= 0.3 is 0 Å². The van der Waals surface area contributed by atoms with Crippen LogP contribution >= 0.6 is 0 Å². The molecular formula is C14H19N5O2. The average Bonchev–Trinajstić information content (AvgIpc) is 2.92. The van der Waals surface area contributed by atoms with E-state index in [2.05, 4.69) is 22.0 Å². The van der Waals surface area contributed by atoms with Crippen molar-refractivity contribution in [2.24, 2.45) is 0 Å². The molecule has 0 saturated carbocycles. The van der Waals surface area contributed by atoms with Crippen molar-refractivity contribution >= 4 is 11.7 Å². The van der Waals surface area contributed by atoms with Crippen molar-refractivity contribution in [3.8, 4) is 0 Å². The minimum absolute atomic E-state index is 0.0160. The Morgan fingerprint density at radius 3 is 2.86 bits per heavy atom. The predicted molar refractivity (Wildman–Crippen MR) is 76.2 cm³/mol. The predicted octanol–water partition coefficient (Wildman–Crippen LogP) is 0.858. The Morgan fingerprint density at radius 1 is 1.38 bits per heavy atom. The molecule has 0 aliphatic carbocycles. The molecule has 1 saturated heterocycles. The van der Waals surface area contributed by atoms with Gasteiger partial charge < -0.3 is 9.64 Å². The van der Waals surface area contributed by atoms with E-state index in [1.54, 1.807) is 15.6 Å². The summed E-state index contributed by atoms with van der Waals surface area (Å²) in [7, 11) is 0. The molecule has 1 amide bonds. The van der Waals surface area contributed by atoms with Gasteiger partial charge in [-0.1, -0.05) is 6.92 Å². The second-order valence-electron chi connectivity index (χ2n) is 5.15. The number of aromatic nitrogens is 4. The first kappa shape index (κ1) is 13.9. The first-order valence-electron chi connectivity index (χ1n) is 7.29. The number of fused-ring (bicyclic) bond motifs is 1. The van der Waals surface area contributed by atoms with E-state index in [9.17, 15) is 4.79 Å². The van der Waals surface area contributed by atoms with Crippen molar-refractivity contribution in [3.05, 3.63) is 23.3 Å². The number of hydrogen-bond donors (Lipinski definition) is 0. The van der Waals surface area contributed by atoms with Crippen LogP contribution in [0.15, 0.2) is 6.20 Å². The quantitative estimate of drug-likeness (QED) is 0.838. The van der Waals surface area contributed by atoms with Crippen molar-refractivity contribution in [3.63, 3.8) is 0 Å². The van der Waals surface area contributed by atoms with Crippen LogP contribution in [0.3, 0.4) is 0 Å². The molecule has 0 bridgehead atoms. The summed E-state index contributed by atoms with van der Waals surface area (Å²) in [6, 6.07) is 0. The van der Waals surface area contributed by atoms with Gasteiger partial charge in [0.15, 0.2) is 5.82 Å². The monoisotopic (exact) mass is 289 g/mol. The standard InChI is InChI=1S/C14H19N5O2/c1-3-4-12-16-14-15-9-11(10(2)19(14)17-12)13(20)18-5-7-21-8-6-18/h9H,3-8H2,1-2H3. The largest absolute Gasteiger partial charge is 0.378 e. The Kier molecular flexibility index (Phi) is 3.83. The summed E-state index contributed by atoms with van der Waals surface area (Å²) in [5, 5.41) is 4.44. The molecule has 112 valence electrons. The molecule has 7 heteroatoms. The molecule has 7 nitrogen and oxygen atoms in total. The van der Waals surface area contributed by atoms with Crippen LogP contribution in [0.1, 0.15) is 35.2 Å². The topological polar surface area (TPSA) is 72.6 Å². The number of aryl methyl sites for hydroxylation is 2. The zero-order valence-electron chi connectivity index (χ0n) is 12.4. The molecule has 3 heterocycles. The van der Waals surface area contributed by atoms with Crippen LogP contribution in [0, 0.1) is 6.92 Å². The van der Waals surface area contributed by atoms with Gasteiger partial charge in [-0.05, 0) is 13.3 Å². The number of rotatable bonds is 3. The number of amides is 1. The number of morpholine rings is 1. The summed E-state index contributed by atoms with van der Waals surface area (Å²) in [5.74, 6) is 1.30. The van der Waals surface area contributed by atoms with Gasteiger partial charge in [0.2, 0.25) is 0 Å². The Bertz CT molecular complexity index is 661. The fraction of sp³-hybridized carbons (Fsp3) is 0.571. The summed E-state index contributed by atoms with van der Waals surface area (Å²) in [5.41, 5.74) is 1.36. The Balaban J connectivity index is 1.95. The fourth-order valence-corrected chi connectivity index (χ4v) is 2.46. The summed E-state index contributed by atoms with van der Waals surface area (Å²) in [6.07, 6.45) is 3.40. The molecule has 1 aliphatic rings. The zero-order chi connectivity index (χ0) is 14.8. The van der Waals surface area contributed by atoms with E-state index in [0.29, 0.717) is 37.6 Å². The van der Waals surface area contributed by atoms with Gasteiger partial charge in [-0.2, -0.15) is 4.98 Å². The highest BCUT2D eigenvalue weighted by molar-refractivity contribution is 5.95. The van der Waals surface area contributed by atoms with Crippen LogP contribution in [-0.2, 0) is 11.2 Å². The van der Waals surface area contributed by atoms with E-state index in [1.807, 2.05) is 6.92 Å². The van der Waals surface area contributed by atoms with Crippen LogP contribution in [-0.4, -0.2) is 56.7 Å². The van der Waals surface area contributed by atoms with Gasteiger partial charge in [-0.25, -0.2) is 9.50 Å². The van der Waals surface area contributed by atoms with Crippen LogP contribution in [0.2, 0.25) is 0 Å². The minimum atomic E-state index is -0.0160. The maximum atomic E-state index is 12.6. The lowest BCUT2D eigenvalue weighted by atomic mass is 10.2. The highest BCUT2D eigenvalue weighted by Gasteiger charge is 2.22. The zero-order valence-corrected chi connectivity index (χ0v) is 12.4. The van der Waals surface area contributed by atoms with Gasteiger partial charge in [-0.15, -0.1) is 5.10 Å². The minimum Gasteiger partial charge on any atom is -0.378 e. The molecule has 1 fully saturated rings. The summed E-state index contributed by atoms with van der Waals surface area (Å²) in [4.78, 5) is 23.0. The molecule has 2 aromatic rings. The second kappa shape index (κ2) is 5.77. The molecule has 0 atom stereocenters. The van der Waals surface area contributed by atoms with Crippen molar-refractivity contribution in [1.82, 2.24) is 24.5 Å². The molecule has 0 radical (unpaired) electrons. The van der Waals surface area contributed by atoms with E-state index in [-0.39, 0.29) is 5.91 Å². The Hall–Kier alpha value is -2.02. The van der Waals surface area contributed by atoms with Gasteiger partial charge in [0, 0.05) is 25.7 Å². The lowest BCUT2D eigenvalue weighted by Gasteiger charge is -2.27. The molecule has 0 aromatic carbocycles. The van der Waals surface area contributed by atoms with Crippen LogP contribution in [0.4, 0.5) is 0 Å². The van der Waals surface area contributed by atoms with Crippen molar-refractivity contribution in [2.75, 3.05) is 26.3 Å². The maximum absolute atomic E-state index is 12.6. The average molecular weight is 289 g/mol. The number of carbonyl (C=O) groups is 1. The van der Waals surface area contributed by atoms with E-state index in [4.69, 9.17) is 4.74 Å². The summed E-state index contributed by atoms with van der Waals surface area (Å²) < 4.78 is 6.94. The third-order valence-electron chi connectivity index (χ3n) is 3.65. The highest BCUT2D eigenvalue weighted by Crippen LogP contribution is 2.13. The summed E-state index contributed by atoms with van der Waals surface area (Å²) >= 11 is 0. The van der Waals surface area contributed by atoms with E-state index in [1.165, 1.54) is 0 Å². The lowest BCUT2D eigenvalue weighted by molar-refractivity contribution is 0.0301. The maximum Gasteiger partial charge on any atom is 0.257 e. The van der Waals surface area contributed by atoms with Crippen molar-refractivity contribution < 1.29 is 9.53 Å². The Morgan fingerprint density at radius 2 is 2.14 bits per heavy atom. The smallest absolute Gasteiger partial charge is 0.257 e. The first-order chi connectivity index (χ1) is 10.2. The fourth-order valence-electron chi connectivity index (χ4n) is 2.46. The molecule has 0 N–H and O–H groups in total. The third kappa shape index (κ3) is 2.61. The van der Waals surface area contributed by atoms with Crippen molar-refractivity contribution in [2.45, 2.75) is 26.7 Å². The van der Waals surface area contributed by atoms with Crippen LogP contribution in [0.5, 0.6) is 0 Å². The van der Waals surface area contributed by atoms with Crippen LogP contribution in [0.25, 0.3) is 5.78 Å². The van der Waals surface area contributed by atoms with E-state index in [0.717, 1.165) is 24.4 Å². The third-order valence-corrected chi connectivity index (χ3v) is 3.65. The summed E-state index contributed by atoms with van der Waals surface area (Å²) in [6.45, 7) is 6.38. The normalized spacial score (nSPS) is 15.6. The molecule has 0 spiro atoms. The van der Waals surface area contributed by atoms with Gasteiger partial charge in [0.1, 0.15) is 0 Å². The van der Waals surface area contributed by atoms with Gasteiger partial charge in [0.05, 0.1) is 24.5 Å². The molecule has 0 unspecified atom stereocenters. The molecular weight excluding hydrogens is 270 g/mol. The lowest BCUT2D eigenvalue weighted by Crippen LogP contribution is -2.41. The molecule has 1 aliphatic heterocycles. The number of nitrogens with zero attached hydrogens (tertiary/aromatic N) is 5. The first-order valence-corrected chi connectivity index (χ1v) is 7.29. The van der Waals surface area contributed by atoms with Gasteiger partial charge in [0.25, 0.3) is 11.7 Å². The van der Waals surface area contributed by atoms with Crippen molar-refractivity contribution in [1.29, 1.82) is 0 Å².